The molecule has 0 aliphatic heterocycles. The van der Waals surface area contributed by atoms with Gasteiger partial charge >= 0.3 is 6.92 Å². The van der Waals surface area contributed by atoms with Gasteiger partial charge in [-0.3, -0.25) is 0 Å². The summed E-state index contributed by atoms with van der Waals surface area (Å²) in [6, 6.07) is 9.58. The molecule has 1 aromatic rings. The Kier molecular flexibility index (Phi) is 8.80. The zero-order chi connectivity index (χ0) is 13.1. The van der Waals surface area contributed by atoms with E-state index in [1.807, 2.05) is 69.3 Å². The van der Waals surface area contributed by atoms with E-state index in [0.717, 1.165) is 10.9 Å². The minimum atomic E-state index is -0.583. The summed E-state index contributed by atoms with van der Waals surface area (Å²) in [5.41, 5.74) is 1.74. The van der Waals surface area contributed by atoms with Crippen LogP contribution >= 0.6 is 0 Å². The SMILES string of the molecule is C=C/C=C(\C=C/C)B(O)c1ccccc1.CC. The molecule has 17 heavy (non-hydrogen) atoms. The predicted molar refractivity (Wildman–Crippen MR) is 78.5 cm³/mol. The Morgan fingerprint density at radius 1 is 1.24 bits per heavy atom. The first-order valence-electron chi connectivity index (χ1n) is 5.98. The number of rotatable bonds is 4. The van der Waals surface area contributed by atoms with Gasteiger partial charge in [0.1, 0.15) is 0 Å². The molecule has 0 aliphatic rings. The van der Waals surface area contributed by atoms with E-state index in [4.69, 9.17) is 0 Å². The third kappa shape index (κ3) is 5.37. The summed E-state index contributed by atoms with van der Waals surface area (Å²) in [5, 5.41) is 10.1. The van der Waals surface area contributed by atoms with Crippen LogP contribution in [-0.4, -0.2) is 11.9 Å². The first kappa shape index (κ1) is 15.5. The fraction of sp³-hybridized carbons (Fsp3) is 0.200. The second-order valence-corrected chi connectivity index (χ2v) is 3.22. The molecule has 0 unspecified atom stereocenters. The van der Waals surface area contributed by atoms with Gasteiger partial charge in [0.25, 0.3) is 0 Å². The van der Waals surface area contributed by atoms with Gasteiger partial charge in [0.15, 0.2) is 0 Å². The molecule has 90 valence electrons. The Labute approximate surface area is 105 Å². The summed E-state index contributed by atoms with van der Waals surface area (Å²) < 4.78 is 0. The molecule has 1 N–H and O–H groups in total. The molecule has 0 saturated heterocycles. The topological polar surface area (TPSA) is 20.2 Å². The van der Waals surface area contributed by atoms with Gasteiger partial charge in [0, 0.05) is 0 Å². The van der Waals surface area contributed by atoms with Crippen LogP contribution < -0.4 is 5.46 Å². The van der Waals surface area contributed by atoms with E-state index in [2.05, 4.69) is 6.58 Å². The van der Waals surface area contributed by atoms with Crippen molar-refractivity contribution in [2.24, 2.45) is 0 Å². The molecular formula is C15H21BO. The van der Waals surface area contributed by atoms with Crippen molar-refractivity contribution >= 4 is 12.4 Å². The third-order valence-corrected chi connectivity index (χ3v) is 2.10. The van der Waals surface area contributed by atoms with E-state index in [0.29, 0.717) is 0 Å². The van der Waals surface area contributed by atoms with E-state index in [1.54, 1.807) is 6.08 Å². The largest absolute Gasteiger partial charge is 0.443 e. The molecule has 0 aromatic heterocycles. The zero-order valence-electron chi connectivity index (χ0n) is 10.9. The van der Waals surface area contributed by atoms with Crippen LogP contribution in [0.2, 0.25) is 0 Å². The molecule has 0 saturated carbocycles. The summed E-state index contributed by atoms with van der Waals surface area (Å²) in [5.74, 6) is 0. The lowest BCUT2D eigenvalue weighted by Gasteiger charge is -2.07. The van der Waals surface area contributed by atoms with Crippen molar-refractivity contribution in [2.45, 2.75) is 20.8 Å². The molecule has 0 amide bonds. The Bertz CT molecular complexity index is 366. The van der Waals surface area contributed by atoms with E-state index < -0.39 is 6.92 Å². The van der Waals surface area contributed by atoms with Crippen LogP contribution in [0.15, 0.2) is 66.7 Å². The second kappa shape index (κ2) is 9.67. The zero-order valence-corrected chi connectivity index (χ0v) is 10.9. The highest BCUT2D eigenvalue weighted by atomic mass is 16.2. The van der Waals surface area contributed by atoms with Gasteiger partial charge in [-0.25, -0.2) is 0 Å². The smallest absolute Gasteiger partial charge is 0.358 e. The minimum absolute atomic E-state index is 0.583. The highest BCUT2D eigenvalue weighted by molar-refractivity contribution is 6.73. The molecule has 0 aliphatic carbocycles. The number of hydrogen-bond donors (Lipinski definition) is 1. The molecular weight excluding hydrogens is 207 g/mol. The summed E-state index contributed by atoms with van der Waals surface area (Å²) in [6.45, 7) is 8.98. The Morgan fingerprint density at radius 3 is 2.29 bits per heavy atom. The van der Waals surface area contributed by atoms with Crippen LogP contribution in [-0.2, 0) is 0 Å². The lowest BCUT2D eigenvalue weighted by molar-refractivity contribution is 0.596. The van der Waals surface area contributed by atoms with Crippen molar-refractivity contribution in [3.63, 3.8) is 0 Å². The molecule has 1 aromatic carbocycles. The van der Waals surface area contributed by atoms with E-state index in [1.165, 1.54) is 0 Å². The van der Waals surface area contributed by atoms with Gasteiger partial charge in [-0.2, -0.15) is 0 Å². The molecule has 2 heteroatoms. The highest BCUT2D eigenvalue weighted by Gasteiger charge is 2.16. The van der Waals surface area contributed by atoms with Crippen molar-refractivity contribution in [1.29, 1.82) is 0 Å². The van der Waals surface area contributed by atoms with Crippen LogP contribution in [0.3, 0.4) is 0 Å². The number of hydrogen-bond acceptors (Lipinski definition) is 1. The summed E-state index contributed by atoms with van der Waals surface area (Å²) in [6.07, 6.45) is 7.29. The Balaban J connectivity index is 0.00000121. The van der Waals surface area contributed by atoms with Gasteiger partial charge in [-0.1, -0.05) is 75.1 Å². The van der Waals surface area contributed by atoms with Crippen LogP contribution in [0, 0.1) is 0 Å². The average Bonchev–Trinajstić information content (AvgIpc) is 2.41. The standard InChI is InChI=1S/C13H15BO.C2H6/c1-3-8-12(9-4-2)14(15)13-10-6-5-7-11-13;1-2/h3-11,15H,1H2,2H3;1-2H3/b9-4-,12-8+;. The first-order valence-corrected chi connectivity index (χ1v) is 5.98. The fourth-order valence-electron chi connectivity index (χ4n) is 1.39. The highest BCUT2D eigenvalue weighted by Crippen LogP contribution is 2.02. The molecule has 0 atom stereocenters. The van der Waals surface area contributed by atoms with E-state index >= 15 is 0 Å². The molecule has 0 spiro atoms. The van der Waals surface area contributed by atoms with Crippen molar-refractivity contribution in [2.75, 3.05) is 0 Å². The minimum Gasteiger partial charge on any atom is -0.443 e. The third-order valence-electron chi connectivity index (χ3n) is 2.10. The molecule has 0 fully saturated rings. The van der Waals surface area contributed by atoms with Crippen molar-refractivity contribution < 1.29 is 5.02 Å². The first-order chi connectivity index (χ1) is 8.29. The van der Waals surface area contributed by atoms with Crippen LogP contribution in [0.1, 0.15) is 20.8 Å². The average molecular weight is 228 g/mol. The fourth-order valence-corrected chi connectivity index (χ4v) is 1.39. The maximum absolute atomic E-state index is 10.1. The lowest BCUT2D eigenvalue weighted by atomic mass is 9.55. The van der Waals surface area contributed by atoms with Crippen LogP contribution in [0.4, 0.5) is 0 Å². The predicted octanol–water partition coefficient (Wildman–Crippen LogP) is 3.13. The quantitative estimate of drug-likeness (QED) is 0.620. The van der Waals surface area contributed by atoms with Crippen molar-refractivity contribution in [1.82, 2.24) is 0 Å². The number of benzene rings is 1. The van der Waals surface area contributed by atoms with Crippen molar-refractivity contribution in [3.05, 3.63) is 66.7 Å². The van der Waals surface area contributed by atoms with E-state index in [9.17, 15) is 5.02 Å². The maximum atomic E-state index is 10.1. The normalized spacial score (nSPS) is 10.7. The van der Waals surface area contributed by atoms with Gasteiger partial charge in [-0.15, -0.1) is 0 Å². The summed E-state index contributed by atoms with van der Waals surface area (Å²) in [7, 11) is 0. The lowest BCUT2D eigenvalue weighted by Crippen LogP contribution is -2.31. The van der Waals surface area contributed by atoms with Gasteiger partial charge in [0.05, 0.1) is 0 Å². The van der Waals surface area contributed by atoms with Crippen LogP contribution in [0.5, 0.6) is 0 Å². The van der Waals surface area contributed by atoms with E-state index in [-0.39, 0.29) is 0 Å². The Hall–Kier alpha value is -1.54. The molecule has 0 heterocycles. The monoisotopic (exact) mass is 228 g/mol. The van der Waals surface area contributed by atoms with Crippen molar-refractivity contribution in [3.8, 4) is 0 Å². The second-order valence-electron chi connectivity index (χ2n) is 3.22. The molecule has 0 bridgehead atoms. The maximum Gasteiger partial charge on any atom is 0.358 e. The Morgan fingerprint density at radius 2 is 1.82 bits per heavy atom. The van der Waals surface area contributed by atoms with Crippen LogP contribution in [0.25, 0.3) is 0 Å². The van der Waals surface area contributed by atoms with Gasteiger partial charge in [-0.05, 0) is 17.9 Å². The van der Waals surface area contributed by atoms with Gasteiger partial charge < -0.3 is 5.02 Å². The molecule has 1 rings (SSSR count). The number of allylic oxidation sites excluding steroid dienone is 5. The summed E-state index contributed by atoms with van der Waals surface area (Å²) >= 11 is 0. The summed E-state index contributed by atoms with van der Waals surface area (Å²) in [4.78, 5) is 0. The molecule has 0 radical (unpaired) electrons. The van der Waals surface area contributed by atoms with Gasteiger partial charge in [0.2, 0.25) is 0 Å². The molecule has 1 nitrogen and oxygen atoms in total.